The van der Waals surface area contributed by atoms with Crippen molar-refractivity contribution in [1.82, 2.24) is 0 Å². The second kappa shape index (κ2) is 3.68. The monoisotopic (exact) mass is 263 g/mol. The topological polar surface area (TPSA) is 52.3 Å². The number of rotatable bonds is 2. The van der Waals surface area contributed by atoms with Crippen LogP contribution in [-0.2, 0) is 0 Å². The lowest BCUT2D eigenvalue weighted by Crippen LogP contribution is -2.01. The Kier molecular flexibility index (Phi) is 2.84. The van der Waals surface area contributed by atoms with Gasteiger partial charge in [0.1, 0.15) is 5.75 Å². The molecular weight excluding hydrogens is 257 g/mol. The molecule has 0 amide bonds. The molecule has 1 aromatic rings. The van der Waals surface area contributed by atoms with E-state index in [9.17, 15) is 4.79 Å². The Morgan fingerprint density at radius 1 is 1.36 bits per heavy atom. The zero-order chi connectivity index (χ0) is 8.27. The third-order valence-corrected chi connectivity index (χ3v) is 1.84. The maximum absolute atomic E-state index is 10.8. The third kappa shape index (κ3) is 2.16. The molecule has 0 bridgehead atoms. The number of hydrogen-bond acceptors (Lipinski definition) is 3. The molecule has 0 heterocycles. The highest BCUT2D eigenvalue weighted by atomic mass is 127. The first-order valence-electron chi connectivity index (χ1n) is 2.90. The quantitative estimate of drug-likeness (QED) is 0.500. The van der Waals surface area contributed by atoms with Gasteiger partial charge < -0.3 is 4.84 Å². The molecule has 0 aliphatic rings. The normalized spacial score (nSPS) is 9.27. The van der Waals surface area contributed by atoms with Crippen molar-refractivity contribution in [2.45, 2.75) is 0 Å². The lowest BCUT2D eigenvalue weighted by Gasteiger charge is -1.97. The van der Waals surface area contributed by atoms with Crippen molar-refractivity contribution in [3.63, 3.8) is 0 Å². The first-order chi connectivity index (χ1) is 5.24. The van der Waals surface area contributed by atoms with Gasteiger partial charge in [0.05, 0.1) is 0 Å². The molecule has 0 unspecified atom stereocenters. The minimum Gasteiger partial charge on any atom is -0.412 e. The van der Waals surface area contributed by atoms with Crippen LogP contribution in [0.15, 0.2) is 24.3 Å². The van der Waals surface area contributed by atoms with E-state index in [2.05, 4.69) is 4.84 Å². The van der Waals surface area contributed by atoms with Crippen molar-refractivity contribution in [3.8, 4) is 5.75 Å². The van der Waals surface area contributed by atoms with Crippen LogP contribution in [0.2, 0.25) is 0 Å². The molecule has 0 saturated carbocycles. The number of hydrogen-bond donors (Lipinski definition) is 1. The molecular formula is C7H6INO2. The van der Waals surface area contributed by atoms with E-state index in [0.29, 0.717) is 11.3 Å². The average Bonchev–Trinajstić information content (AvgIpc) is 2.05. The van der Waals surface area contributed by atoms with E-state index in [1.54, 1.807) is 46.9 Å². The van der Waals surface area contributed by atoms with Gasteiger partial charge in [0, 0.05) is 28.2 Å². The predicted octanol–water partition coefficient (Wildman–Crippen LogP) is 1.51. The van der Waals surface area contributed by atoms with Crippen LogP contribution in [0.3, 0.4) is 0 Å². The van der Waals surface area contributed by atoms with Crippen LogP contribution in [0.1, 0.15) is 10.4 Å². The second-order valence-electron chi connectivity index (χ2n) is 1.92. The van der Waals surface area contributed by atoms with Crippen molar-refractivity contribution in [1.29, 1.82) is 0 Å². The SMILES string of the molecule is NOc1ccc(C(=O)I)cc1. The van der Waals surface area contributed by atoms with Crippen molar-refractivity contribution >= 4 is 26.4 Å². The smallest absolute Gasteiger partial charge is 0.222 e. The molecule has 0 spiro atoms. The average molecular weight is 263 g/mol. The Morgan fingerprint density at radius 2 is 1.91 bits per heavy atom. The summed E-state index contributed by atoms with van der Waals surface area (Å²) in [5.74, 6) is 5.44. The van der Waals surface area contributed by atoms with Crippen LogP contribution >= 0.6 is 22.6 Å². The molecule has 11 heavy (non-hydrogen) atoms. The number of carbonyl (C=O) groups excluding carboxylic acids is 1. The summed E-state index contributed by atoms with van der Waals surface area (Å²) >= 11 is 1.72. The first-order valence-corrected chi connectivity index (χ1v) is 3.98. The van der Waals surface area contributed by atoms with E-state index < -0.39 is 0 Å². The molecule has 3 nitrogen and oxygen atoms in total. The Morgan fingerprint density at radius 3 is 2.27 bits per heavy atom. The largest absolute Gasteiger partial charge is 0.412 e. The highest BCUT2D eigenvalue weighted by Gasteiger charge is 1.99. The van der Waals surface area contributed by atoms with E-state index in [4.69, 9.17) is 5.90 Å². The van der Waals surface area contributed by atoms with Crippen LogP contribution < -0.4 is 10.7 Å². The van der Waals surface area contributed by atoms with Gasteiger partial charge in [-0.2, -0.15) is 5.90 Å². The molecule has 0 aromatic heterocycles. The Bertz CT molecular complexity index is 258. The molecule has 58 valence electrons. The van der Waals surface area contributed by atoms with Gasteiger partial charge in [-0.25, -0.2) is 0 Å². The van der Waals surface area contributed by atoms with Crippen LogP contribution in [0.5, 0.6) is 5.75 Å². The number of benzene rings is 1. The molecule has 0 atom stereocenters. The number of halogens is 1. The fraction of sp³-hybridized carbons (Fsp3) is 0. The Balaban J connectivity index is 2.91. The van der Waals surface area contributed by atoms with E-state index in [1.165, 1.54) is 0 Å². The summed E-state index contributed by atoms with van der Waals surface area (Å²) in [7, 11) is 0. The molecule has 0 saturated heterocycles. The highest BCUT2D eigenvalue weighted by Crippen LogP contribution is 2.12. The van der Waals surface area contributed by atoms with Crippen LogP contribution in [0.25, 0.3) is 0 Å². The minimum atomic E-state index is 0.00571. The molecule has 0 radical (unpaired) electrons. The summed E-state index contributed by atoms with van der Waals surface area (Å²) in [5.41, 5.74) is 0.645. The lowest BCUT2D eigenvalue weighted by atomic mass is 10.2. The fourth-order valence-electron chi connectivity index (χ4n) is 0.665. The van der Waals surface area contributed by atoms with Crippen LogP contribution in [0.4, 0.5) is 0 Å². The Hall–Kier alpha value is -0.620. The summed E-state index contributed by atoms with van der Waals surface area (Å²) in [6.45, 7) is 0. The van der Waals surface area contributed by atoms with Gasteiger partial charge in [-0.1, -0.05) is 0 Å². The second-order valence-corrected chi connectivity index (χ2v) is 2.90. The summed E-state index contributed by atoms with van der Waals surface area (Å²) in [4.78, 5) is 15.2. The first kappa shape index (κ1) is 8.48. The van der Waals surface area contributed by atoms with E-state index in [1.807, 2.05) is 0 Å². The van der Waals surface area contributed by atoms with E-state index in [0.717, 1.165) is 0 Å². The van der Waals surface area contributed by atoms with Crippen molar-refractivity contribution in [3.05, 3.63) is 29.8 Å². The summed E-state index contributed by atoms with van der Waals surface area (Å²) in [5, 5.41) is 0. The van der Waals surface area contributed by atoms with Crippen molar-refractivity contribution < 1.29 is 9.63 Å². The highest BCUT2D eigenvalue weighted by molar-refractivity contribution is 14.1. The Labute approximate surface area is 77.6 Å². The standard InChI is InChI=1S/C7H6INO2/c8-7(10)5-1-3-6(11-9)4-2-5/h1-4H,9H2. The third-order valence-electron chi connectivity index (χ3n) is 1.22. The van der Waals surface area contributed by atoms with Gasteiger partial charge in [0.15, 0.2) is 0 Å². The van der Waals surface area contributed by atoms with Crippen LogP contribution in [0, 0.1) is 0 Å². The maximum Gasteiger partial charge on any atom is 0.222 e. The van der Waals surface area contributed by atoms with Gasteiger partial charge >= 0.3 is 0 Å². The molecule has 2 N–H and O–H groups in total. The summed E-state index contributed by atoms with van der Waals surface area (Å²) in [6.07, 6.45) is 0. The van der Waals surface area contributed by atoms with Crippen molar-refractivity contribution in [2.75, 3.05) is 0 Å². The zero-order valence-corrected chi connectivity index (χ0v) is 7.74. The maximum atomic E-state index is 10.8. The molecule has 4 heteroatoms. The zero-order valence-electron chi connectivity index (χ0n) is 5.58. The van der Waals surface area contributed by atoms with Crippen LogP contribution in [-0.4, -0.2) is 3.79 Å². The molecule has 1 aromatic carbocycles. The fourth-order valence-corrected chi connectivity index (χ4v) is 1.02. The van der Waals surface area contributed by atoms with Gasteiger partial charge in [-0.05, 0) is 24.3 Å². The van der Waals surface area contributed by atoms with E-state index >= 15 is 0 Å². The minimum absolute atomic E-state index is 0.00571. The number of carbonyl (C=O) groups is 1. The van der Waals surface area contributed by atoms with Gasteiger partial charge in [-0.3, -0.25) is 4.79 Å². The molecule has 0 aliphatic carbocycles. The lowest BCUT2D eigenvalue weighted by molar-refractivity contribution is 0.110. The molecule has 1 rings (SSSR count). The number of nitrogens with two attached hydrogens (primary N) is 1. The molecule has 0 aliphatic heterocycles. The van der Waals surface area contributed by atoms with E-state index in [-0.39, 0.29) is 3.79 Å². The van der Waals surface area contributed by atoms with Gasteiger partial charge in [0.2, 0.25) is 3.79 Å². The predicted molar refractivity (Wildman–Crippen MR) is 49.6 cm³/mol. The van der Waals surface area contributed by atoms with Gasteiger partial charge in [0.25, 0.3) is 0 Å². The molecule has 0 fully saturated rings. The summed E-state index contributed by atoms with van der Waals surface area (Å²) < 4.78 is 0.00571. The summed E-state index contributed by atoms with van der Waals surface area (Å²) in [6, 6.07) is 6.62. The van der Waals surface area contributed by atoms with Gasteiger partial charge in [-0.15, -0.1) is 0 Å². The van der Waals surface area contributed by atoms with Crippen molar-refractivity contribution in [2.24, 2.45) is 5.90 Å².